The van der Waals surface area contributed by atoms with E-state index in [1.165, 1.54) is 6.42 Å². The van der Waals surface area contributed by atoms with Crippen LogP contribution in [0.5, 0.6) is 0 Å². The van der Waals surface area contributed by atoms with Crippen LogP contribution in [-0.2, 0) is 4.74 Å². The van der Waals surface area contributed by atoms with Gasteiger partial charge in [0.15, 0.2) is 0 Å². The highest BCUT2D eigenvalue weighted by Gasteiger charge is 2.27. The second-order valence-corrected chi connectivity index (χ2v) is 6.83. The standard InChI is InChI=1S/C15H30N2O2/c1-12(2)16-9-8-13-7-6-10-17(11-13)14(18)19-15(3,4)5/h12-13,16H,6-11H2,1-5H3/t13-/m0/s1. The second-order valence-electron chi connectivity index (χ2n) is 6.83. The van der Waals surface area contributed by atoms with Crippen molar-refractivity contribution in [2.24, 2.45) is 5.92 Å². The van der Waals surface area contributed by atoms with Crippen molar-refractivity contribution in [3.05, 3.63) is 0 Å². The van der Waals surface area contributed by atoms with Crippen molar-refractivity contribution in [3.63, 3.8) is 0 Å². The Labute approximate surface area is 117 Å². The van der Waals surface area contributed by atoms with Crippen molar-refractivity contribution in [1.29, 1.82) is 0 Å². The lowest BCUT2D eigenvalue weighted by Gasteiger charge is -2.34. The van der Waals surface area contributed by atoms with Crippen LogP contribution in [0.15, 0.2) is 0 Å². The largest absolute Gasteiger partial charge is 0.444 e. The number of amides is 1. The predicted octanol–water partition coefficient (Wildman–Crippen LogP) is 3.02. The monoisotopic (exact) mass is 270 g/mol. The van der Waals surface area contributed by atoms with Crippen LogP contribution in [0.25, 0.3) is 0 Å². The maximum absolute atomic E-state index is 12.0. The molecule has 0 saturated carbocycles. The number of nitrogens with zero attached hydrogens (tertiary/aromatic N) is 1. The normalized spacial score (nSPS) is 20.7. The maximum atomic E-state index is 12.0. The molecule has 1 fully saturated rings. The molecule has 4 heteroatoms. The fraction of sp³-hybridized carbons (Fsp3) is 0.933. The van der Waals surface area contributed by atoms with Gasteiger partial charge < -0.3 is 15.0 Å². The Balaban J connectivity index is 2.35. The van der Waals surface area contributed by atoms with Gasteiger partial charge in [-0.25, -0.2) is 4.79 Å². The molecule has 1 aliphatic rings. The molecule has 1 rings (SSSR count). The maximum Gasteiger partial charge on any atom is 0.410 e. The molecule has 112 valence electrons. The minimum Gasteiger partial charge on any atom is -0.444 e. The Morgan fingerprint density at radius 1 is 1.42 bits per heavy atom. The second kappa shape index (κ2) is 7.13. The summed E-state index contributed by atoms with van der Waals surface area (Å²) in [5, 5.41) is 3.44. The number of rotatable bonds is 4. The number of likely N-dealkylation sites (tertiary alicyclic amines) is 1. The third kappa shape index (κ3) is 6.81. The first-order valence-corrected chi connectivity index (χ1v) is 7.49. The zero-order valence-corrected chi connectivity index (χ0v) is 13.2. The van der Waals surface area contributed by atoms with Crippen LogP contribution in [0.3, 0.4) is 0 Å². The summed E-state index contributed by atoms with van der Waals surface area (Å²) in [6, 6.07) is 0.533. The fourth-order valence-corrected chi connectivity index (χ4v) is 2.37. The molecule has 1 amide bonds. The van der Waals surface area contributed by atoms with Crippen molar-refractivity contribution in [1.82, 2.24) is 10.2 Å². The number of piperidine rings is 1. The Bertz CT molecular complexity index is 284. The molecule has 0 aromatic carbocycles. The summed E-state index contributed by atoms with van der Waals surface area (Å²) in [5.41, 5.74) is -0.400. The lowest BCUT2D eigenvalue weighted by atomic mass is 9.95. The van der Waals surface area contributed by atoms with E-state index in [9.17, 15) is 4.79 Å². The highest BCUT2D eigenvalue weighted by molar-refractivity contribution is 5.68. The fourth-order valence-electron chi connectivity index (χ4n) is 2.37. The zero-order chi connectivity index (χ0) is 14.5. The van der Waals surface area contributed by atoms with Gasteiger partial charge in [0.2, 0.25) is 0 Å². The van der Waals surface area contributed by atoms with Crippen molar-refractivity contribution < 1.29 is 9.53 Å². The topological polar surface area (TPSA) is 41.6 Å². The minimum absolute atomic E-state index is 0.158. The van der Waals surface area contributed by atoms with Crippen molar-refractivity contribution in [2.75, 3.05) is 19.6 Å². The molecule has 0 spiro atoms. The number of hydrogen-bond acceptors (Lipinski definition) is 3. The van der Waals surface area contributed by atoms with Gasteiger partial charge in [-0.1, -0.05) is 13.8 Å². The molecule has 0 aliphatic carbocycles. The predicted molar refractivity (Wildman–Crippen MR) is 78.3 cm³/mol. The van der Waals surface area contributed by atoms with Crippen molar-refractivity contribution in [2.45, 2.75) is 65.5 Å². The Morgan fingerprint density at radius 3 is 2.68 bits per heavy atom. The van der Waals surface area contributed by atoms with E-state index in [1.54, 1.807) is 0 Å². The molecule has 1 aliphatic heterocycles. The number of ether oxygens (including phenoxy) is 1. The summed E-state index contributed by atoms with van der Waals surface area (Å²) in [6.45, 7) is 12.8. The summed E-state index contributed by atoms with van der Waals surface area (Å²) in [5.74, 6) is 0.604. The van der Waals surface area contributed by atoms with Gasteiger partial charge in [-0.05, 0) is 52.5 Å². The molecular formula is C15H30N2O2. The number of carbonyl (C=O) groups is 1. The number of hydrogen-bond donors (Lipinski definition) is 1. The van der Waals surface area contributed by atoms with E-state index in [0.717, 1.165) is 32.5 Å². The average molecular weight is 270 g/mol. The van der Waals surface area contributed by atoms with Crippen LogP contribution in [0.1, 0.15) is 53.9 Å². The summed E-state index contributed by atoms with van der Waals surface area (Å²) in [6.07, 6.45) is 3.29. The summed E-state index contributed by atoms with van der Waals surface area (Å²) >= 11 is 0. The van der Waals surface area contributed by atoms with Gasteiger partial charge in [-0.2, -0.15) is 0 Å². The molecule has 19 heavy (non-hydrogen) atoms. The first kappa shape index (κ1) is 16.3. The third-order valence-electron chi connectivity index (χ3n) is 3.28. The van der Waals surface area contributed by atoms with Gasteiger partial charge >= 0.3 is 6.09 Å². The molecule has 4 nitrogen and oxygen atoms in total. The van der Waals surface area contributed by atoms with Crippen molar-refractivity contribution in [3.8, 4) is 0 Å². The van der Waals surface area contributed by atoms with E-state index in [1.807, 2.05) is 25.7 Å². The van der Waals surface area contributed by atoms with Gasteiger partial charge in [-0.15, -0.1) is 0 Å². The smallest absolute Gasteiger partial charge is 0.410 e. The SMILES string of the molecule is CC(C)NCC[C@@H]1CCCN(C(=O)OC(C)(C)C)C1. The molecule has 0 aromatic heterocycles. The van der Waals surface area contributed by atoms with E-state index in [0.29, 0.717) is 12.0 Å². The Morgan fingerprint density at radius 2 is 2.11 bits per heavy atom. The molecule has 1 N–H and O–H groups in total. The first-order chi connectivity index (χ1) is 8.78. The van der Waals surface area contributed by atoms with Gasteiger partial charge in [0.05, 0.1) is 0 Å². The van der Waals surface area contributed by atoms with Crippen molar-refractivity contribution >= 4 is 6.09 Å². The van der Waals surface area contributed by atoms with E-state index >= 15 is 0 Å². The summed E-state index contributed by atoms with van der Waals surface area (Å²) < 4.78 is 5.44. The van der Waals surface area contributed by atoms with Gasteiger partial charge in [0.1, 0.15) is 5.60 Å². The van der Waals surface area contributed by atoms with Gasteiger partial charge in [0.25, 0.3) is 0 Å². The molecule has 0 bridgehead atoms. The minimum atomic E-state index is -0.400. The quantitative estimate of drug-likeness (QED) is 0.854. The van der Waals surface area contributed by atoms with Crippen LogP contribution < -0.4 is 5.32 Å². The summed E-state index contributed by atoms with van der Waals surface area (Å²) in [4.78, 5) is 13.9. The Hall–Kier alpha value is -0.770. The average Bonchev–Trinajstić information content (AvgIpc) is 2.26. The molecule has 1 heterocycles. The number of carbonyl (C=O) groups excluding carboxylic acids is 1. The lowest BCUT2D eigenvalue weighted by molar-refractivity contribution is 0.0161. The highest BCUT2D eigenvalue weighted by Crippen LogP contribution is 2.21. The zero-order valence-electron chi connectivity index (χ0n) is 13.2. The lowest BCUT2D eigenvalue weighted by Crippen LogP contribution is -2.43. The van der Waals surface area contributed by atoms with Crippen LogP contribution in [0.2, 0.25) is 0 Å². The highest BCUT2D eigenvalue weighted by atomic mass is 16.6. The van der Waals surface area contributed by atoms with Crippen LogP contribution in [-0.4, -0.2) is 42.3 Å². The molecule has 1 saturated heterocycles. The third-order valence-corrected chi connectivity index (χ3v) is 3.28. The van der Waals surface area contributed by atoms with E-state index in [-0.39, 0.29) is 6.09 Å². The van der Waals surface area contributed by atoms with E-state index in [4.69, 9.17) is 4.74 Å². The Kier molecular flexibility index (Phi) is 6.11. The molecule has 1 atom stereocenters. The van der Waals surface area contributed by atoms with E-state index < -0.39 is 5.60 Å². The summed E-state index contributed by atoms with van der Waals surface area (Å²) in [7, 11) is 0. The molecule has 0 aromatic rings. The van der Waals surface area contributed by atoms with Crippen LogP contribution in [0.4, 0.5) is 4.79 Å². The van der Waals surface area contributed by atoms with E-state index in [2.05, 4.69) is 19.2 Å². The number of nitrogens with one attached hydrogen (secondary N) is 1. The first-order valence-electron chi connectivity index (χ1n) is 7.49. The molecular weight excluding hydrogens is 240 g/mol. The molecule has 0 unspecified atom stereocenters. The van der Waals surface area contributed by atoms with Gasteiger partial charge in [0, 0.05) is 19.1 Å². The van der Waals surface area contributed by atoms with Crippen LogP contribution >= 0.6 is 0 Å². The van der Waals surface area contributed by atoms with Crippen LogP contribution in [0, 0.1) is 5.92 Å². The molecule has 0 radical (unpaired) electrons. The van der Waals surface area contributed by atoms with Gasteiger partial charge in [-0.3, -0.25) is 0 Å².